The van der Waals surface area contributed by atoms with Crippen molar-refractivity contribution in [2.24, 2.45) is 0 Å². The third-order valence-electron chi connectivity index (χ3n) is 2.35. The Kier molecular flexibility index (Phi) is 4.08. The van der Waals surface area contributed by atoms with E-state index < -0.39 is 5.97 Å². The molecule has 1 heterocycles. The molecule has 0 bridgehead atoms. The van der Waals surface area contributed by atoms with Gasteiger partial charge in [0, 0.05) is 13.1 Å². The molecule has 0 saturated carbocycles. The van der Waals surface area contributed by atoms with E-state index in [0.717, 1.165) is 0 Å². The van der Waals surface area contributed by atoms with Gasteiger partial charge in [0.2, 0.25) is 5.91 Å². The number of rotatable bonds is 3. The van der Waals surface area contributed by atoms with E-state index in [1.807, 2.05) is 13.8 Å². The predicted octanol–water partition coefficient (Wildman–Crippen LogP) is 0.487. The summed E-state index contributed by atoms with van der Waals surface area (Å²) in [6.07, 6.45) is 0.221. The van der Waals surface area contributed by atoms with Gasteiger partial charge in [-0.1, -0.05) is 0 Å². The van der Waals surface area contributed by atoms with Crippen LogP contribution in [0.3, 0.4) is 0 Å². The van der Waals surface area contributed by atoms with E-state index in [9.17, 15) is 9.59 Å². The first-order chi connectivity index (χ1) is 6.99. The second kappa shape index (κ2) is 5.11. The van der Waals surface area contributed by atoms with Gasteiger partial charge < -0.3 is 14.7 Å². The van der Waals surface area contributed by atoms with Gasteiger partial charge >= 0.3 is 5.97 Å². The molecule has 0 aromatic carbocycles. The first-order valence-electron chi connectivity index (χ1n) is 5.14. The lowest BCUT2D eigenvalue weighted by Gasteiger charge is -2.21. The Hall–Kier alpha value is -1.10. The van der Waals surface area contributed by atoms with Crippen LogP contribution in [0.4, 0.5) is 0 Å². The lowest BCUT2D eigenvalue weighted by molar-refractivity contribution is -0.138. The minimum absolute atomic E-state index is 0.00710. The first-order valence-corrected chi connectivity index (χ1v) is 5.14. The molecular weight excluding hydrogens is 198 g/mol. The third-order valence-corrected chi connectivity index (χ3v) is 2.35. The zero-order valence-electron chi connectivity index (χ0n) is 9.10. The van der Waals surface area contributed by atoms with E-state index in [-0.39, 0.29) is 31.1 Å². The molecule has 15 heavy (non-hydrogen) atoms. The van der Waals surface area contributed by atoms with Gasteiger partial charge in [-0.2, -0.15) is 0 Å². The molecule has 0 aliphatic carbocycles. The van der Waals surface area contributed by atoms with Crippen molar-refractivity contribution in [3.8, 4) is 0 Å². The van der Waals surface area contributed by atoms with Gasteiger partial charge in [0.25, 0.3) is 0 Å². The minimum Gasteiger partial charge on any atom is -0.481 e. The molecule has 1 rings (SSSR count). The number of aliphatic carboxylic acids is 1. The molecule has 1 N–H and O–H groups in total. The Bertz CT molecular complexity index is 254. The van der Waals surface area contributed by atoms with Crippen molar-refractivity contribution in [3.63, 3.8) is 0 Å². The van der Waals surface area contributed by atoms with E-state index >= 15 is 0 Å². The lowest BCUT2D eigenvalue weighted by atomic mass is 10.2. The first kappa shape index (κ1) is 12.0. The van der Waals surface area contributed by atoms with Gasteiger partial charge in [0.1, 0.15) is 0 Å². The van der Waals surface area contributed by atoms with Gasteiger partial charge in [0.15, 0.2) is 0 Å². The lowest BCUT2D eigenvalue weighted by Crippen LogP contribution is -2.36. The van der Waals surface area contributed by atoms with E-state index in [1.165, 1.54) is 0 Å². The average molecular weight is 215 g/mol. The highest BCUT2D eigenvalue weighted by Gasteiger charge is 2.25. The molecule has 0 radical (unpaired) electrons. The topological polar surface area (TPSA) is 66.8 Å². The highest BCUT2D eigenvalue weighted by atomic mass is 16.5. The SMILES string of the molecule is CC1CC(=O)N(CCC(=O)O)CC(C)O1. The molecule has 2 unspecified atom stereocenters. The Morgan fingerprint density at radius 1 is 1.53 bits per heavy atom. The Labute approximate surface area is 89.0 Å². The maximum Gasteiger partial charge on any atom is 0.305 e. The van der Waals surface area contributed by atoms with Crippen LogP contribution in [-0.4, -0.2) is 47.2 Å². The number of nitrogens with zero attached hydrogens (tertiary/aromatic N) is 1. The molecule has 0 spiro atoms. The molecule has 2 atom stereocenters. The zero-order chi connectivity index (χ0) is 11.4. The van der Waals surface area contributed by atoms with Crippen LogP contribution >= 0.6 is 0 Å². The fourth-order valence-corrected chi connectivity index (χ4v) is 1.72. The van der Waals surface area contributed by atoms with E-state index in [0.29, 0.717) is 13.0 Å². The van der Waals surface area contributed by atoms with Crippen molar-refractivity contribution >= 4 is 11.9 Å². The second-order valence-electron chi connectivity index (χ2n) is 3.94. The molecule has 1 amide bonds. The van der Waals surface area contributed by atoms with Crippen LogP contribution in [0.25, 0.3) is 0 Å². The number of carbonyl (C=O) groups excluding carboxylic acids is 1. The molecule has 1 aliphatic rings. The van der Waals surface area contributed by atoms with Gasteiger partial charge in [0.05, 0.1) is 25.0 Å². The zero-order valence-corrected chi connectivity index (χ0v) is 9.10. The van der Waals surface area contributed by atoms with Crippen LogP contribution in [0.5, 0.6) is 0 Å². The van der Waals surface area contributed by atoms with Crippen LogP contribution in [0, 0.1) is 0 Å². The van der Waals surface area contributed by atoms with E-state index in [2.05, 4.69) is 0 Å². The van der Waals surface area contributed by atoms with Crippen molar-refractivity contribution < 1.29 is 19.4 Å². The summed E-state index contributed by atoms with van der Waals surface area (Å²) in [4.78, 5) is 23.6. The number of hydrogen-bond donors (Lipinski definition) is 1. The number of amides is 1. The van der Waals surface area contributed by atoms with Gasteiger partial charge in [-0.15, -0.1) is 0 Å². The smallest absolute Gasteiger partial charge is 0.305 e. The maximum atomic E-state index is 11.6. The van der Waals surface area contributed by atoms with Crippen LogP contribution in [-0.2, 0) is 14.3 Å². The van der Waals surface area contributed by atoms with Crippen LogP contribution in [0.2, 0.25) is 0 Å². The summed E-state index contributed by atoms with van der Waals surface area (Å²) >= 11 is 0. The quantitative estimate of drug-likeness (QED) is 0.744. The van der Waals surface area contributed by atoms with Crippen molar-refractivity contribution in [2.75, 3.05) is 13.1 Å². The molecule has 1 aliphatic heterocycles. The highest BCUT2D eigenvalue weighted by Crippen LogP contribution is 2.12. The van der Waals surface area contributed by atoms with Crippen molar-refractivity contribution in [3.05, 3.63) is 0 Å². The Balaban J connectivity index is 2.53. The summed E-state index contributed by atoms with van der Waals surface area (Å²) in [5.74, 6) is -0.901. The van der Waals surface area contributed by atoms with Gasteiger partial charge in [-0.3, -0.25) is 9.59 Å². The van der Waals surface area contributed by atoms with Crippen LogP contribution < -0.4 is 0 Å². The normalized spacial score (nSPS) is 27.6. The summed E-state index contributed by atoms with van der Waals surface area (Å²) < 4.78 is 5.51. The van der Waals surface area contributed by atoms with E-state index in [1.54, 1.807) is 4.90 Å². The molecule has 0 aromatic heterocycles. The largest absolute Gasteiger partial charge is 0.481 e. The van der Waals surface area contributed by atoms with Crippen LogP contribution in [0.1, 0.15) is 26.7 Å². The number of hydrogen-bond acceptors (Lipinski definition) is 3. The molecule has 0 aromatic rings. The van der Waals surface area contributed by atoms with E-state index in [4.69, 9.17) is 9.84 Å². The van der Waals surface area contributed by atoms with Crippen molar-refractivity contribution in [1.29, 1.82) is 0 Å². The Morgan fingerprint density at radius 2 is 2.20 bits per heavy atom. The molecule has 1 fully saturated rings. The summed E-state index contributed by atoms with van der Waals surface area (Å²) in [6, 6.07) is 0. The predicted molar refractivity (Wildman–Crippen MR) is 53.5 cm³/mol. The molecule has 5 heteroatoms. The van der Waals surface area contributed by atoms with Gasteiger partial charge in [-0.25, -0.2) is 0 Å². The summed E-state index contributed by atoms with van der Waals surface area (Å²) in [5.41, 5.74) is 0. The summed E-state index contributed by atoms with van der Waals surface area (Å²) in [5, 5.41) is 8.55. The number of carbonyl (C=O) groups is 2. The molecule has 86 valence electrons. The van der Waals surface area contributed by atoms with Gasteiger partial charge in [-0.05, 0) is 13.8 Å². The number of carboxylic acids is 1. The molecular formula is C10H17NO4. The average Bonchev–Trinajstić information content (AvgIpc) is 2.21. The number of carboxylic acid groups (broad SMARTS) is 1. The maximum absolute atomic E-state index is 11.6. The number of ether oxygens (including phenoxy) is 1. The van der Waals surface area contributed by atoms with Crippen molar-refractivity contribution in [2.45, 2.75) is 38.9 Å². The monoisotopic (exact) mass is 215 g/mol. The third kappa shape index (κ3) is 3.87. The molecule has 5 nitrogen and oxygen atoms in total. The summed E-state index contributed by atoms with van der Waals surface area (Å²) in [7, 11) is 0. The minimum atomic E-state index is -0.881. The fourth-order valence-electron chi connectivity index (χ4n) is 1.72. The fraction of sp³-hybridized carbons (Fsp3) is 0.800. The van der Waals surface area contributed by atoms with Crippen LogP contribution in [0.15, 0.2) is 0 Å². The Morgan fingerprint density at radius 3 is 2.80 bits per heavy atom. The molecule has 1 saturated heterocycles. The highest BCUT2D eigenvalue weighted by molar-refractivity contribution is 5.77. The standard InChI is InChI=1S/C10H17NO4/c1-7-5-9(12)11(4-3-10(13)14)6-8(2)15-7/h7-8H,3-6H2,1-2H3,(H,13,14). The summed E-state index contributed by atoms with van der Waals surface area (Å²) in [6.45, 7) is 4.50. The second-order valence-corrected chi connectivity index (χ2v) is 3.94. The van der Waals surface area contributed by atoms with Crippen molar-refractivity contribution in [1.82, 2.24) is 4.90 Å².